The number of hydrogen-bond acceptors (Lipinski definition) is 4. The van der Waals surface area contributed by atoms with E-state index in [1.165, 1.54) is 19.3 Å². The number of hydrogen-bond donors (Lipinski definition) is 1. The van der Waals surface area contributed by atoms with Crippen LogP contribution < -0.4 is 0 Å². The predicted molar refractivity (Wildman–Crippen MR) is 81.8 cm³/mol. The van der Waals surface area contributed by atoms with Crippen LogP contribution in [0.25, 0.3) is 0 Å². The monoisotopic (exact) mass is 296 g/mol. The van der Waals surface area contributed by atoms with Crippen molar-refractivity contribution in [3.05, 3.63) is 12.2 Å². The van der Waals surface area contributed by atoms with Gasteiger partial charge in [0.25, 0.3) is 0 Å². The Bertz CT molecular complexity index is 362. The number of ether oxygens (including phenoxy) is 1. The van der Waals surface area contributed by atoms with Gasteiger partial charge in [-0.15, -0.1) is 0 Å². The van der Waals surface area contributed by atoms with E-state index in [2.05, 4.69) is 6.92 Å². The van der Waals surface area contributed by atoms with Gasteiger partial charge in [-0.2, -0.15) is 0 Å². The van der Waals surface area contributed by atoms with Crippen molar-refractivity contribution in [1.82, 2.24) is 0 Å². The smallest absolute Gasteiger partial charge is 0.306 e. The van der Waals surface area contributed by atoms with Crippen LogP contribution >= 0.6 is 0 Å². The number of rotatable bonds is 9. The van der Waals surface area contributed by atoms with Gasteiger partial charge in [0, 0.05) is 18.3 Å². The molecule has 0 amide bonds. The van der Waals surface area contributed by atoms with Crippen LogP contribution in [0.5, 0.6) is 0 Å². The second kappa shape index (κ2) is 9.72. The molecule has 4 nitrogen and oxygen atoms in total. The zero-order valence-corrected chi connectivity index (χ0v) is 13.2. The Balaban J connectivity index is 2.49. The summed E-state index contributed by atoms with van der Waals surface area (Å²) in [6.07, 6.45) is 9.27. The van der Waals surface area contributed by atoms with E-state index in [1.54, 1.807) is 6.92 Å². The molecule has 0 heterocycles. The van der Waals surface area contributed by atoms with Gasteiger partial charge < -0.3 is 9.84 Å². The molecule has 0 aromatic rings. The molecule has 0 aromatic heterocycles. The molecule has 1 fully saturated rings. The highest BCUT2D eigenvalue weighted by Gasteiger charge is 2.41. The summed E-state index contributed by atoms with van der Waals surface area (Å²) >= 11 is 0. The summed E-state index contributed by atoms with van der Waals surface area (Å²) in [6, 6.07) is 0. The minimum atomic E-state index is -0.663. The van der Waals surface area contributed by atoms with Gasteiger partial charge in [-0.3, -0.25) is 9.59 Å². The largest absolute Gasteiger partial charge is 0.466 e. The molecule has 3 atom stereocenters. The van der Waals surface area contributed by atoms with Crippen molar-refractivity contribution in [3.63, 3.8) is 0 Å². The molecule has 0 aromatic carbocycles. The van der Waals surface area contributed by atoms with Gasteiger partial charge in [0.2, 0.25) is 0 Å². The molecule has 1 N–H and O–H groups in total. The maximum absolute atomic E-state index is 11.9. The van der Waals surface area contributed by atoms with Gasteiger partial charge in [0.1, 0.15) is 5.78 Å². The molecule has 21 heavy (non-hydrogen) atoms. The summed E-state index contributed by atoms with van der Waals surface area (Å²) in [5.41, 5.74) is 0. The Kier molecular flexibility index (Phi) is 8.28. The lowest BCUT2D eigenvalue weighted by atomic mass is 9.90. The molecular weight excluding hydrogens is 268 g/mol. The van der Waals surface area contributed by atoms with Crippen LogP contribution in [0.4, 0.5) is 0 Å². The fourth-order valence-electron chi connectivity index (χ4n) is 2.83. The normalized spacial score (nSPS) is 25.7. The molecule has 1 aliphatic carbocycles. The molecule has 0 bridgehead atoms. The molecule has 1 rings (SSSR count). The van der Waals surface area contributed by atoms with E-state index in [0.717, 1.165) is 12.8 Å². The van der Waals surface area contributed by atoms with Crippen molar-refractivity contribution < 1.29 is 19.4 Å². The Hall–Kier alpha value is -1.16. The molecule has 0 aliphatic heterocycles. The highest BCUT2D eigenvalue weighted by Crippen LogP contribution is 2.33. The van der Waals surface area contributed by atoms with Crippen molar-refractivity contribution >= 4 is 11.8 Å². The van der Waals surface area contributed by atoms with E-state index in [4.69, 9.17) is 4.74 Å². The Morgan fingerprint density at radius 2 is 2.10 bits per heavy atom. The number of Topliss-reactive ketones (excluding diaryl/α,β-unsaturated/α-hetero) is 1. The predicted octanol–water partition coefficient (Wildman–Crippen LogP) is 3.03. The van der Waals surface area contributed by atoms with Gasteiger partial charge in [0.15, 0.2) is 0 Å². The van der Waals surface area contributed by atoms with Crippen LogP contribution in [0.1, 0.15) is 58.8 Å². The molecular formula is C17H28O4. The van der Waals surface area contributed by atoms with E-state index < -0.39 is 12.0 Å². The summed E-state index contributed by atoms with van der Waals surface area (Å²) in [7, 11) is 0. The van der Waals surface area contributed by atoms with E-state index in [0.29, 0.717) is 6.61 Å². The third-order valence-electron chi connectivity index (χ3n) is 4.01. The third kappa shape index (κ3) is 6.00. The number of allylic oxidation sites excluding steroid dienone is 1. The van der Waals surface area contributed by atoms with Crippen LogP contribution in [-0.2, 0) is 14.3 Å². The molecule has 0 saturated heterocycles. The molecule has 0 spiro atoms. The van der Waals surface area contributed by atoms with E-state index >= 15 is 0 Å². The van der Waals surface area contributed by atoms with Crippen LogP contribution in [0, 0.1) is 11.8 Å². The second-order valence-corrected chi connectivity index (χ2v) is 5.71. The van der Waals surface area contributed by atoms with Gasteiger partial charge in [0.05, 0.1) is 19.1 Å². The highest BCUT2D eigenvalue weighted by atomic mass is 16.5. The summed E-state index contributed by atoms with van der Waals surface area (Å²) in [4.78, 5) is 23.5. The number of carbonyl (C=O) groups is 2. The van der Waals surface area contributed by atoms with Crippen LogP contribution in [0.2, 0.25) is 0 Å². The average Bonchev–Trinajstić information content (AvgIpc) is 2.69. The van der Waals surface area contributed by atoms with Crippen molar-refractivity contribution in [1.29, 1.82) is 0 Å². The zero-order valence-electron chi connectivity index (χ0n) is 13.2. The first kappa shape index (κ1) is 17.9. The minimum absolute atomic E-state index is 0.0313. The number of esters is 1. The standard InChI is InChI=1S/C17H28O4/c1-3-5-6-7-8-9-10-13-14(11-17(20)21-4-2)16(19)12-15(13)18/h9-10,13-15,18H,3-8,11-12H2,1-2H3/b10-9+/t13-,14-,15-/m1/s1. The van der Waals surface area contributed by atoms with Gasteiger partial charge >= 0.3 is 5.97 Å². The van der Waals surface area contributed by atoms with Gasteiger partial charge in [-0.1, -0.05) is 38.3 Å². The lowest BCUT2D eigenvalue weighted by Crippen LogP contribution is -2.22. The number of aliphatic hydroxyl groups is 1. The lowest BCUT2D eigenvalue weighted by Gasteiger charge is -2.16. The summed E-state index contributed by atoms with van der Waals surface area (Å²) in [5, 5.41) is 9.99. The number of aliphatic hydroxyl groups excluding tert-OH is 1. The summed E-state index contributed by atoms with van der Waals surface area (Å²) in [5.74, 6) is -1.05. The first-order valence-corrected chi connectivity index (χ1v) is 8.13. The Labute approximate surface area is 127 Å². The van der Waals surface area contributed by atoms with E-state index in [1.807, 2.05) is 12.2 Å². The summed E-state index contributed by atoms with van der Waals surface area (Å²) in [6.45, 7) is 4.24. The first-order valence-electron chi connectivity index (χ1n) is 8.13. The minimum Gasteiger partial charge on any atom is -0.466 e. The maximum atomic E-state index is 11.9. The van der Waals surface area contributed by atoms with Crippen molar-refractivity contribution in [2.45, 2.75) is 64.9 Å². The van der Waals surface area contributed by atoms with Gasteiger partial charge in [-0.05, 0) is 19.8 Å². The lowest BCUT2D eigenvalue weighted by molar-refractivity contribution is -0.146. The molecule has 120 valence electrons. The highest BCUT2D eigenvalue weighted by molar-refractivity contribution is 5.88. The van der Waals surface area contributed by atoms with Crippen molar-refractivity contribution in [3.8, 4) is 0 Å². The number of unbranched alkanes of at least 4 members (excludes halogenated alkanes) is 4. The fraction of sp³-hybridized carbons (Fsp3) is 0.765. The SMILES string of the molecule is CCCCCC/C=C/[C@H]1[C@H](O)CC(=O)[C@@H]1CC(=O)OCC. The fourth-order valence-corrected chi connectivity index (χ4v) is 2.83. The molecule has 1 aliphatic rings. The zero-order chi connectivity index (χ0) is 15.7. The summed E-state index contributed by atoms with van der Waals surface area (Å²) < 4.78 is 4.91. The molecule has 0 radical (unpaired) electrons. The Morgan fingerprint density at radius 3 is 2.76 bits per heavy atom. The van der Waals surface area contributed by atoms with Crippen LogP contribution in [0.3, 0.4) is 0 Å². The van der Waals surface area contributed by atoms with Crippen LogP contribution in [0.15, 0.2) is 12.2 Å². The number of ketones is 1. The topological polar surface area (TPSA) is 63.6 Å². The molecule has 1 saturated carbocycles. The third-order valence-corrected chi connectivity index (χ3v) is 4.01. The Morgan fingerprint density at radius 1 is 1.33 bits per heavy atom. The number of carbonyl (C=O) groups excluding carboxylic acids is 2. The maximum Gasteiger partial charge on any atom is 0.306 e. The van der Waals surface area contributed by atoms with Crippen molar-refractivity contribution in [2.75, 3.05) is 6.61 Å². The van der Waals surface area contributed by atoms with E-state index in [9.17, 15) is 14.7 Å². The van der Waals surface area contributed by atoms with Crippen molar-refractivity contribution in [2.24, 2.45) is 11.8 Å². The second-order valence-electron chi connectivity index (χ2n) is 5.71. The molecule has 0 unspecified atom stereocenters. The first-order chi connectivity index (χ1) is 10.1. The van der Waals surface area contributed by atoms with Crippen LogP contribution in [-0.4, -0.2) is 29.6 Å². The van der Waals surface area contributed by atoms with E-state index in [-0.39, 0.29) is 30.5 Å². The quantitative estimate of drug-likeness (QED) is 0.403. The van der Waals surface area contributed by atoms with Gasteiger partial charge in [-0.25, -0.2) is 0 Å². The molecule has 4 heteroatoms. The average molecular weight is 296 g/mol.